The van der Waals surface area contributed by atoms with Crippen molar-refractivity contribution < 1.29 is 17.6 Å². The van der Waals surface area contributed by atoms with Crippen molar-refractivity contribution >= 4 is 11.4 Å². The van der Waals surface area contributed by atoms with Gasteiger partial charge in [-0.1, -0.05) is 0 Å². The van der Waals surface area contributed by atoms with Gasteiger partial charge in [-0.25, -0.2) is 4.39 Å². The van der Waals surface area contributed by atoms with Crippen LogP contribution in [0.3, 0.4) is 0 Å². The van der Waals surface area contributed by atoms with E-state index < -0.39 is 18.5 Å². The van der Waals surface area contributed by atoms with Gasteiger partial charge in [0.15, 0.2) is 0 Å². The van der Waals surface area contributed by atoms with Crippen LogP contribution in [0.15, 0.2) is 18.2 Å². The van der Waals surface area contributed by atoms with Crippen LogP contribution in [0, 0.1) is 5.82 Å². The highest BCUT2D eigenvalue weighted by Gasteiger charge is 2.26. The first-order valence-electron chi connectivity index (χ1n) is 3.73. The molecule has 0 aliphatic rings. The fraction of sp³-hybridized carbons (Fsp3) is 0.250. The topological polar surface area (TPSA) is 38.0 Å². The molecule has 0 saturated heterocycles. The Morgan fingerprint density at radius 3 is 2.36 bits per heavy atom. The smallest absolute Gasteiger partial charge is 0.399 e. The maximum absolute atomic E-state index is 12.6. The minimum absolute atomic E-state index is 0.0137. The summed E-state index contributed by atoms with van der Waals surface area (Å²) in [6.45, 7) is -1.21. The molecule has 1 aromatic carbocycles. The lowest BCUT2D eigenvalue weighted by molar-refractivity contribution is -0.115. The molecule has 78 valence electrons. The van der Waals surface area contributed by atoms with Crippen molar-refractivity contribution in [3.63, 3.8) is 0 Å². The van der Waals surface area contributed by atoms with E-state index in [1.165, 1.54) is 6.07 Å². The lowest BCUT2D eigenvalue weighted by Crippen LogP contribution is -2.21. The average molecular weight is 208 g/mol. The van der Waals surface area contributed by atoms with E-state index >= 15 is 0 Å². The minimum Gasteiger partial charge on any atom is -0.399 e. The van der Waals surface area contributed by atoms with E-state index in [0.29, 0.717) is 0 Å². The maximum atomic E-state index is 12.6. The number of rotatable bonds is 2. The Balaban J connectivity index is 2.68. The zero-order valence-corrected chi connectivity index (χ0v) is 7.03. The molecule has 0 spiro atoms. The van der Waals surface area contributed by atoms with Crippen LogP contribution < -0.4 is 11.1 Å². The summed E-state index contributed by atoms with van der Waals surface area (Å²) < 4.78 is 47.9. The Hall–Kier alpha value is -1.46. The Labute approximate surface area is 77.7 Å². The predicted molar refractivity (Wildman–Crippen MR) is 45.4 cm³/mol. The summed E-state index contributed by atoms with van der Waals surface area (Å²) in [5, 5.41) is 2.02. The van der Waals surface area contributed by atoms with Gasteiger partial charge in [0.25, 0.3) is 0 Å². The summed E-state index contributed by atoms with van der Waals surface area (Å²) in [5.74, 6) is -0.672. The van der Waals surface area contributed by atoms with Crippen molar-refractivity contribution in [2.24, 2.45) is 0 Å². The van der Waals surface area contributed by atoms with Crippen molar-refractivity contribution in [2.45, 2.75) is 6.18 Å². The molecule has 2 nitrogen and oxygen atoms in total. The highest BCUT2D eigenvalue weighted by Crippen LogP contribution is 2.19. The van der Waals surface area contributed by atoms with E-state index in [2.05, 4.69) is 0 Å². The van der Waals surface area contributed by atoms with Gasteiger partial charge in [-0.15, -0.1) is 0 Å². The molecule has 0 heterocycles. The van der Waals surface area contributed by atoms with Gasteiger partial charge in [0.1, 0.15) is 12.4 Å². The molecule has 1 rings (SSSR count). The number of alkyl halides is 3. The number of nitrogen functional groups attached to an aromatic ring is 1. The van der Waals surface area contributed by atoms with Crippen LogP contribution in [-0.4, -0.2) is 12.7 Å². The first-order valence-corrected chi connectivity index (χ1v) is 3.73. The molecular formula is C8H8F4N2. The number of halogens is 4. The Morgan fingerprint density at radius 1 is 1.21 bits per heavy atom. The number of nitrogens with one attached hydrogen (secondary N) is 1. The molecule has 0 saturated carbocycles. The highest BCUT2D eigenvalue weighted by molar-refractivity contribution is 5.54. The van der Waals surface area contributed by atoms with E-state index in [9.17, 15) is 17.6 Å². The summed E-state index contributed by atoms with van der Waals surface area (Å²) in [5.41, 5.74) is 5.33. The van der Waals surface area contributed by atoms with E-state index in [1.54, 1.807) is 0 Å². The van der Waals surface area contributed by atoms with Crippen molar-refractivity contribution in [3.05, 3.63) is 24.0 Å². The second kappa shape index (κ2) is 3.73. The van der Waals surface area contributed by atoms with Gasteiger partial charge in [-0.05, 0) is 18.2 Å². The van der Waals surface area contributed by atoms with Crippen LogP contribution in [0.5, 0.6) is 0 Å². The second-order valence-corrected chi connectivity index (χ2v) is 2.74. The van der Waals surface area contributed by atoms with Gasteiger partial charge in [-0.3, -0.25) is 0 Å². The van der Waals surface area contributed by atoms with Crippen LogP contribution in [0.2, 0.25) is 0 Å². The quantitative estimate of drug-likeness (QED) is 0.578. The minimum atomic E-state index is -4.33. The van der Waals surface area contributed by atoms with Crippen molar-refractivity contribution in [1.82, 2.24) is 0 Å². The first kappa shape index (κ1) is 10.6. The van der Waals surface area contributed by atoms with Gasteiger partial charge in [0.05, 0.1) is 0 Å². The first-order chi connectivity index (χ1) is 6.37. The Morgan fingerprint density at radius 2 is 1.86 bits per heavy atom. The third-order valence-electron chi connectivity index (χ3n) is 1.41. The maximum Gasteiger partial charge on any atom is 0.405 e. The van der Waals surface area contributed by atoms with Crippen LogP contribution in [-0.2, 0) is 0 Å². The molecule has 3 N–H and O–H groups in total. The van der Waals surface area contributed by atoms with Crippen LogP contribution in [0.1, 0.15) is 0 Å². The van der Waals surface area contributed by atoms with E-state index in [1.807, 2.05) is 5.32 Å². The van der Waals surface area contributed by atoms with Gasteiger partial charge < -0.3 is 11.1 Å². The summed E-state index contributed by atoms with van der Waals surface area (Å²) >= 11 is 0. The van der Waals surface area contributed by atoms with E-state index in [-0.39, 0.29) is 11.4 Å². The molecule has 0 amide bonds. The number of anilines is 2. The average Bonchev–Trinajstić information content (AvgIpc) is 1.97. The lowest BCUT2D eigenvalue weighted by Gasteiger charge is -2.09. The number of hydrogen-bond acceptors (Lipinski definition) is 2. The number of hydrogen-bond donors (Lipinski definition) is 2. The zero-order chi connectivity index (χ0) is 10.8. The van der Waals surface area contributed by atoms with Crippen LogP contribution in [0.25, 0.3) is 0 Å². The van der Waals surface area contributed by atoms with Gasteiger partial charge in [0, 0.05) is 11.4 Å². The molecule has 0 fully saturated rings. The summed E-state index contributed by atoms with van der Waals surface area (Å²) in [6, 6.07) is 3.20. The van der Waals surface area contributed by atoms with Crippen molar-refractivity contribution in [2.75, 3.05) is 17.6 Å². The Kier molecular flexibility index (Phi) is 2.83. The molecular weight excluding hydrogens is 200 g/mol. The molecule has 0 bridgehead atoms. The molecule has 0 aliphatic carbocycles. The second-order valence-electron chi connectivity index (χ2n) is 2.74. The standard InChI is InChI=1S/C8H8F4N2/c9-5-1-6(13)3-7(2-5)14-4-8(10,11)12/h1-3,14H,4,13H2. The van der Waals surface area contributed by atoms with E-state index in [0.717, 1.165) is 12.1 Å². The summed E-state index contributed by atoms with van der Waals surface area (Å²) in [4.78, 5) is 0. The summed E-state index contributed by atoms with van der Waals surface area (Å²) in [7, 11) is 0. The number of benzene rings is 1. The number of nitrogens with two attached hydrogens (primary N) is 1. The lowest BCUT2D eigenvalue weighted by atomic mass is 10.2. The SMILES string of the molecule is Nc1cc(F)cc(NCC(F)(F)F)c1. The fourth-order valence-corrected chi connectivity index (χ4v) is 0.917. The van der Waals surface area contributed by atoms with Gasteiger partial charge in [-0.2, -0.15) is 13.2 Å². The Bertz CT molecular complexity index is 301. The summed E-state index contributed by atoms with van der Waals surface area (Å²) in [6.07, 6.45) is -4.33. The molecule has 6 heteroatoms. The van der Waals surface area contributed by atoms with Crippen LogP contribution >= 0.6 is 0 Å². The molecule has 0 aliphatic heterocycles. The van der Waals surface area contributed by atoms with Gasteiger partial charge >= 0.3 is 6.18 Å². The molecule has 0 radical (unpaired) electrons. The fourth-order valence-electron chi connectivity index (χ4n) is 0.917. The van der Waals surface area contributed by atoms with E-state index in [4.69, 9.17) is 5.73 Å². The largest absolute Gasteiger partial charge is 0.405 e. The third-order valence-corrected chi connectivity index (χ3v) is 1.41. The molecule has 14 heavy (non-hydrogen) atoms. The zero-order valence-electron chi connectivity index (χ0n) is 7.03. The van der Waals surface area contributed by atoms with Gasteiger partial charge in [0.2, 0.25) is 0 Å². The monoisotopic (exact) mass is 208 g/mol. The van der Waals surface area contributed by atoms with Crippen molar-refractivity contribution in [1.29, 1.82) is 0 Å². The highest BCUT2D eigenvalue weighted by atomic mass is 19.4. The predicted octanol–water partition coefficient (Wildman–Crippen LogP) is 2.38. The molecule has 0 unspecified atom stereocenters. The van der Waals surface area contributed by atoms with Crippen molar-refractivity contribution in [3.8, 4) is 0 Å². The normalized spacial score (nSPS) is 11.4. The third kappa shape index (κ3) is 3.51. The molecule has 0 aromatic heterocycles. The van der Waals surface area contributed by atoms with Crippen LogP contribution in [0.4, 0.5) is 28.9 Å². The molecule has 1 aromatic rings. The molecule has 0 atom stereocenters.